The Bertz CT molecular complexity index is 356. The molecule has 0 aromatic heterocycles. The van der Waals surface area contributed by atoms with Crippen molar-refractivity contribution in [3.8, 4) is 0 Å². The van der Waals surface area contributed by atoms with Crippen LogP contribution in [-0.4, -0.2) is 20.1 Å². The molecule has 0 radical (unpaired) electrons. The summed E-state index contributed by atoms with van der Waals surface area (Å²) in [6.07, 6.45) is 0.792. The standard InChI is InChI=1S/C13H18O2.3CH3.Al/c1-4-13(2,3)12(14)15-10-11-8-6-5-7-9-11;;;;/h5-9H,4,10H2,1-3H3;3*1H3;. The quantitative estimate of drug-likeness (QED) is 0.597. The van der Waals surface area contributed by atoms with Crippen LogP contribution >= 0.6 is 0 Å². The topological polar surface area (TPSA) is 26.3 Å². The number of benzene rings is 1. The van der Waals surface area contributed by atoms with Gasteiger partial charge >= 0.3 is 5.97 Å². The zero-order valence-electron chi connectivity index (χ0n) is 13.2. The zero-order chi connectivity index (χ0) is 14.9. The maximum absolute atomic E-state index is 11.6. The van der Waals surface area contributed by atoms with Crippen LogP contribution in [0.1, 0.15) is 32.8 Å². The van der Waals surface area contributed by atoms with Crippen molar-refractivity contribution in [2.45, 2.75) is 51.2 Å². The molecule has 0 amide bonds. The number of ether oxygens (including phenoxy) is 1. The largest absolute Gasteiger partial charge is 0.460 e. The second kappa shape index (κ2) is 9.18. The van der Waals surface area contributed by atoms with E-state index < -0.39 is 0 Å². The molecule has 0 bridgehead atoms. The summed E-state index contributed by atoms with van der Waals surface area (Å²) >= 11 is -0.139. The van der Waals surface area contributed by atoms with Gasteiger partial charge in [-0.05, 0) is 25.8 Å². The van der Waals surface area contributed by atoms with Gasteiger partial charge in [-0.2, -0.15) is 0 Å². The minimum atomic E-state index is -0.380. The summed E-state index contributed by atoms with van der Waals surface area (Å²) in [6, 6.07) is 9.72. The molecule has 3 heteroatoms. The van der Waals surface area contributed by atoms with Crippen LogP contribution in [0.2, 0.25) is 17.4 Å². The number of esters is 1. The zero-order valence-corrected chi connectivity index (χ0v) is 14.3. The Labute approximate surface area is 122 Å². The second-order valence-corrected chi connectivity index (χ2v) is 9.50. The van der Waals surface area contributed by atoms with Gasteiger partial charge < -0.3 is 4.74 Å². The maximum atomic E-state index is 11.6. The predicted molar refractivity (Wildman–Crippen MR) is 83.7 cm³/mol. The van der Waals surface area contributed by atoms with Gasteiger partial charge in [0.2, 0.25) is 0 Å². The first-order valence-corrected chi connectivity index (χ1v) is 10.5. The van der Waals surface area contributed by atoms with Crippen LogP contribution in [0.4, 0.5) is 0 Å². The lowest BCUT2D eigenvalue weighted by molar-refractivity contribution is -0.155. The van der Waals surface area contributed by atoms with Gasteiger partial charge in [0.1, 0.15) is 6.61 Å². The summed E-state index contributed by atoms with van der Waals surface area (Å²) in [5.41, 5.74) is 0.646. The maximum Gasteiger partial charge on any atom is 0.311 e. The van der Waals surface area contributed by atoms with E-state index in [0.29, 0.717) is 6.61 Å². The van der Waals surface area contributed by atoms with Crippen molar-refractivity contribution >= 4 is 20.1 Å². The van der Waals surface area contributed by atoms with E-state index in [4.69, 9.17) is 4.74 Å². The third kappa shape index (κ3) is 8.86. The lowest BCUT2D eigenvalue weighted by Crippen LogP contribution is -2.25. The van der Waals surface area contributed by atoms with E-state index in [2.05, 4.69) is 17.4 Å². The van der Waals surface area contributed by atoms with Gasteiger partial charge in [-0.25, -0.2) is 0 Å². The van der Waals surface area contributed by atoms with E-state index in [9.17, 15) is 4.79 Å². The highest BCUT2D eigenvalue weighted by Gasteiger charge is 2.26. The van der Waals surface area contributed by atoms with E-state index in [1.165, 1.54) is 0 Å². The molecule has 0 fully saturated rings. The summed E-state index contributed by atoms with van der Waals surface area (Å²) in [4.78, 5) is 11.6. The number of hydrogen-bond acceptors (Lipinski definition) is 2. The van der Waals surface area contributed by atoms with Crippen molar-refractivity contribution in [1.29, 1.82) is 0 Å². The van der Waals surface area contributed by atoms with E-state index >= 15 is 0 Å². The van der Waals surface area contributed by atoms with Gasteiger partial charge in [-0.1, -0.05) is 37.3 Å². The average molecular weight is 278 g/mol. The van der Waals surface area contributed by atoms with E-state index in [-0.39, 0.29) is 25.5 Å². The van der Waals surface area contributed by atoms with Crippen LogP contribution in [0, 0.1) is 5.41 Å². The molecule has 2 nitrogen and oxygen atoms in total. The molecule has 0 aliphatic rings. The minimum absolute atomic E-state index is 0.131. The van der Waals surface area contributed by atoms with Crippen molar-refractivity contribution < 1.29 is 9.53 Å². The Morgan fingerprint density at radius 2 is 1.63 bits per heavy atom. The van der Waals surface area contributed by atoms with Crippen molar-refractivity contribution in [1.82, 2.24) is 0 Å². The lowest BCUT2D eigenvalue weighted by Gasteiger charge is -2.20. The summed E-state index contributed by atoms with van der Waals surface area (Å²) in [5.74, 6) is 6.79. The molecule has 1 rings (SSSR count). The smallest absolute Gasteiger partial charge is 0.311 e. The highest BCUT2D eigenvalue weighted by Crippen LogP contribution is 2.22. The van der Waals surface area contributed by atoms with Crippen LogP contribution in [0.25, 0.3) is 0 Å². The van der Waals surface area contributed by atoms with Gasteiger partial charge in [-0.15, -0.1) is 17.4 Å². The molecule has 0 aliphatic carbocycles. The van der Waals surface area contributed by atoms with Crippen LogP contribution in [0.5, 0.6) is 0 Å². The number of rotatable bonds is 4. The lowest BCUT2D eigenvalue weighted by atomic mass is 9.91. The summed E-state index contributed by atoms with van der Waals surface area (Å²) in [5, 5.41) is 0. The molecule has 0 saturated heterocycles. The van der Waals surface area contributed by atoms with Crippen molar-refractivity contribution in [2.75, 3.05) is 0 Å². The van der Waals surface area contributed by atoms with Crippen molar-refractivity contribution in [2.24, 2.45) is 5.41 Å². The fourth-order valence-corrected chi connectivity index (χ4v) is 1.06. The molecule has 0 atom stereocenters. The van der Waals surface area contributed by atoms with E-state index in [0.717, 1.165) is 12.0 Å². The van der Waals surface area contributed by atoms with Gasteiger partial charge in [0.05, 0.1) is 5.41 Å². The van der Waals surface area contributed by atoms with Crippen LogP contribution in [-0.2, 0) is 16.1 Å². The van der Waals surface area contributed by atoms with Crippen LogP contribution in [0.3, 0.4) is 0 Å². The molecule has 1 aromatic rings. The Hall–Kier alpha value is -0.778. The molecule has 106 valence electrons. The molecule has 0 unspecified atom stereocenters. The van der Waals surface area contributed by atoms with E-state index in [1.54, 1.807) is 0 Å². The minimum Gasteiger partial charge on any atom is -0.460 e. The van der Waals surface area contributed by atoms with Gasteiger partial charge in [0.15, 0.2) is 0 Å². The molecule has 0 aliphatic heterocycles. The summed E-state index contributed by atoms with van der Waals surface area (Å²) in [7, 11) is 0. The molecule has 0 heterocycles. The first kappa shape index (κ1) is 18.2. The number of hydrogen-bond donors (Lipinski definition) is 0. The van der Waals surface area contributed by atoms with Gasteiger partial charge in [0, 0.05) is 0 Å². The van der Waals surface area contributed by atoms with Crippen molar-refractivity contribution in [3.05, 3.63) is 35.9 Å². The van der Waals surface area contributed by atoms with Gasteiger partial charge in [-0.3, -0.25) is 4.79 Å². The third-order valence-corrected chi connectivity index (χ3v) is 2.65. The Morgan fingerprint density at radius 3 is 2.05 bits per heavy atom. The first-order valence-electron chi connectivity index (χ1n) is 7.00. The fraction of sp³-hybridized carbons (Fsp3) is 0.562. The number of carbonyl (C=O) groups excluding carboxylic acids is 1. The normalized spacial score (nSPS) is 10.2. The molecular formula is C16H27AlO2. The van der Waals surface area contributed by atoms with Crippen molar-refractivity contribution in [3.63, 3.8) is 0 Å². The highest BCUT2D eigenvalue weighted by molar-refractivity contribution is 6.54. The molecule has 0 spiro atoms. The highest BCUT2D eigenvalue weighted by atomic mass is 27.2. The first-order chi connectivity index (χ1) is 8.79. The molecule has 0 saturated carbocycles. The Morgan fingerprint density at radius 1 is 1.16 bits per heavy atom. The fourth-order valence-electron chi connectivity index (χ4n) is 1.06. The molecule has 0 N–H and O–H groups in total. The Kier molecular flexibility index (Phi) is 8.80. The SMILES string of the molecule is CCC(C)(C)C(=O)OCc1ccccc1.[CH3][Al]([CH3])[CH3]. The Balaban J connectivity index is 0.000000711. The monoisotopic (exact) mass is 278 g/mol. The van der Waals surface area contributed by atoms with E-state index in [1.807, 2.05) is 51.1 Å². The second-order valence-electron chi connectivity index (χ2n) is 6.03. The van der Waals surface area contributed by atoms with Crippen LogP contribution < -0.4 is 0 Å². The molecule has 1 aromatic carbocycles. The molecular weight excluding hydrogens is 251 g/mol. The number of carbonyl (C=O) groups is 1. The predicted octanol–water partition coefficient (Wildman–Crippen LogP) is 4.54. The average Bonchev–Trinajstić information content (AvgIpc) is 2.36. The molecule has 19 heavy (non-hydrogen) atoms. The summed E-state index contributed by atoms with van der Waals surface area (Å²) < 4.78 is 5.24. The van der Waals surface area contributed by atoms with Gasteiger partial charge in [0.25, 0.3) is 14.1 Å². The third-order valence-electron chi connectivity index (χ3n) is 2.65. The van der Waals surface area contributed by atoms with Crippen LogP contribution in [0.15, 0.2) is 30.3 Å². The summed E-state index contributed by atoms with van der Waals surface area (Å²) in [6.45, 7) is 6.16.